The van der Waals surface area contributed by atoms with Crippen LogP contribution in [0.4, 0.5) is 24.8 Å². The molecule has 16 nitrogen and oxygen atoms in total. The number of fused-ring (bicyclic) bond motifs is 4. The topological polar surface area (TPSA) is 214 Å². The van der Waals surface area contributed by atoms with Crippen LogP contribution in [0.2, 0.25) is 0 Å². The molecule has 0 spiro atoms. The fraction of sp³-hybridized carbons (Fsp3) is 0.579. The van der Waals surface area contributed by atoms with Gasteiger partial charge >= 0.3 is 30.8 Å². The number of nitrogen functional groups attached to an aromatic ring is 2. The number of nitrogens with zero attached hydrogens (tertiary/aromatic N) is 4. The molecule has 23 heteroatoms. The summed E-state index contributed by atoms with van der Waals surface area (Å²) in [6, 6.07) is 1.04. The van der Waals surface area contributed by atoms with Gasteiger partial charge in [-0.3, -0.25) is 22.7 Å². The molecule has 230 valence electrons. The van der Waals surface area contributed by atoms with Crippen LogP contribution in [-0.4, -0.2) is 79.3 Å². The van der Waals surface area contributed by atoms with Crippen molar-refractivity contribution in [1.82, 2.24) is 19.1 Å². The summed E-state index contributed by atoms with van der Waals surface area (Å²) in [5, 5.41) is 0. The Morgan fingerprint density at radius 2 is 1.52 bits per heavy atom. The van der Waals surface area contributed by atoms with E-state index in [1.807, 2.05) is 0 Å². The first-order valence-corrected chi connectivity index (χ1v) is 17.2. The molecule has 3 aliphatic heterocycles. The smallest absolute Gasteiger partial charge is 0.383 e. The van der Waals surface area contributed by atoms with Gasteiger partial charge in [0.2, 0.25) is 6.23 Å². The van der Waals surface area contributed by atoms with Crippen molar-refractivity contribution in [2.75, 3.05) is 24.7 Å². The first kappa shape index (κ1) is 30.1. The fourth-order valence-electron chi connectivity index (χ4n) is 5.17. The highest BCUT2D eigenvalue weighted by Gasteiger charge is 2.81. The number of hydrogen-bond acceptors (Lipinski definition) is 14. The van der Waals surface area contributed by atoms with E-state index < -0.39 is 92.5 Å². The number of hydrogen-bond donors (Lipinski definition) is 4. The average molecular weight is 676 g/mol. The van der Waals surface area contributed by atoms with E-state index in [1.165, 1.54) is 12.3 Å². The van der Waals surface area contributed by atoms with Gasteiger partial charge in [-0.2, -0.15) is 18.7 Å². The quantitative estimate of drug-likeness (QED) is 0.249. The molecule has 6 rings (SSSR count). The molecule has 10 atom stereocenters. The van der Waals surface area contributed by atoms with Crippen LogP contribution < -0.4 is 22.8 Å². The highest BCUT2D eigenvalue weighted by molar-refractivity contribution is 8.44. The number of alkyl halides is 3. The van der Waals surface area contributed by atoms with Gasteiger partial charge in [0.15, 0.2) is 11.8 Å². The Morgan fingerprint density at radius 3 is 2.14 bits per heavy atom. The maximum Gasteiger partial charge on any atom is 0.386 e. The molecule has 42 heavy (non-hydrogen) atoms. The monoisotopic (exact) mass is 676 g/mol. The Labute approximate surface area is 242 Å². The lowest BCUT2D eigenvalue weighted by molar-refractivity contribution is -0.137. The first-order chi connectivity index (χ1) is 19.5. The van der Waals surface area contributed by atoms with Crippen LogP contribution in [0.15, 0.2) is 34.1 Å². The summed E-state index contributed by atoms with van der Waals surface area (Å²) in [6.07, 6.45) is -9.04. The number of nitrogens with two attached hydrogens (primary N) is 2. The molecular weight excluding hydrogens is 655 g/mol. The Kier molecular flexibility index (Phi) is 7.22. The van der Waals surface area contributed by atoms with Gasteiger partial charge in [-0.1, -0.05) is 12.2 Å². The average Bonchev–Trinajstić information content (AvgIpc) is 3.25. The van der Waals surface area contributed by atoms with Gasteiger partial charge in [-0.05, 0) is 23.9 Å². The third-order valence-electron chi connectivity index (χ3n) is 7.06. The normalized spacial score (nSPS) is 42.9. The van der Waals surface area contributed by atoms with Crippen LogP contribution >= 0.6 is 25.8 Å². The SMILES string of the molecule is Nc1ccn([C@@H]2O[C@@H]3COP(O)(=S)OC4[C@@H](COP(=O)(S)OC3C2(F)F)OC2[C@@H](n3ccc(N)nc3=O)C42F)c(=O)n1. The molecule has 5 N–H and O–H groups in total. The number of ether oxygens (including phenoxy) is 2. The van der Waals surface area contributed by atoms with Crippen molar-refractivity contribution in [3.05, 3.63) is 45.5 Å². The zero-order chi connectivity index (χ0) is 30.4. The van der Waals surface area contributed by atoms with Crippen LogP contribution in [-0.2, 0) is 43.9 Å². The van der Waals surface area contributed by atoms with Gasteiger partial charge < -0.3 is 30.4 Å². The number of anilines is 2. The Bertz CT molecular complexity index is 1650. The Balaban J connectivity index is 1.30. The molecule has 2 aromatic rings. The lowest BCUT2D eigenvalue weighted by atomic mass is 10.1. The van der Waals surface area contributed by atoms with E-state index in [2.05, 4.69) is 22.2 Å². The Hall–Kier alpha value is -1.90. The second-order valence-corrected chi connectivity index (χ2v) is 15.4. The van der Waals surface area contributed by atoms with E-state index >= 15 is 13.2 Å². The molecule has 0 radical (unpaired) electrons. The molecule has 1 saturated carbocycles. The highest BCUT2D eigenvalue weighted by atomic mass is 32.7. The molecule has 2 aromatic heterocycles. The first-order valence-electron chi connectivity index (χ1n) is 11.9. The minimum Gasteiger partial charge on any atom is -0.383 e. The summed E-state index contributed by atoms with van der Waals surface area (Å²) in [7, 11) is 0. The second-order valence-electron chi connectivity index (χ2n) is 9.73. The van der Waals surface area contributed by atoms with Crippen molar-refractivity contribution < 1.29 is 50.2 Å². The molecule has 3 saturated heterocycles. The number of aromatic nitrogens is 4. The van der Waals surface area contributed by atoms with Crippen LogP contribution in [0.1, 0.15) is 12.3 Å². The van der Waals surface area contributed by atoms with Gasteiger partial charge in [0, 0.05) is 12.4 Å². The predicted octanol–water partition coefficient (Wildman–Crippen LogP) is 0.300. The lowest BCUT2D eigenvalue weighted by Crippen LogP contribution is -2.44. The van der Waals surface area contributed by atoms with Gasteiger partial charge in [-0.15, -0.1) is 0 Å². The van der Waals surface area contributed by atoms with Gasteiger partial charge in [-0.25, -0.2) is 18.5 Å². The minimum absolute atomic E-state index is 0.106. The van der Waals surface area contributed by atoms with Gasteiger partial charge in [0.25, 0.3) is 0 Å². The third kappa shape index (κ3) is 5.03. The fourth-order valence-corrected chi connectivity index (χ4v) is 8.08. The number of rotatable bonds is 2. The largest absolute Gasteiger partial charge is 0.386 e. The summed E-state index contributed by atoms with van der Waals surface area (Å²) in [5.74, 6) is -4.43. The highest BCUT2D eigenvalue weighted by Crippen LogP contribution is 2.66. The van der Waals surface area contributed by atoms with Crippen molar-refractivity contribution in [2.24, 2.45) is 0 Å². The summed E-state index contributed by atoms with van der Waals surface area (Å²) in [5.41, 5.74) is 6.35. The van der Waals surface area contributed by atoms with Crippen molar-refractivity contribution >= 4 is 49.2 Å². The molecule has 0 aromatic carbocycles. The van der Waals surface area contributed by atoms with E-state index in [9.17, 15) is 19.0 Å². The lowest BCUT2D eigenvalue weighted by Gasteiger charge is -2.32. The Morgan fingerprint density at radius 1 is 0.952 bits per heavy atom. The zero-order valence-corrected chi connectivity index (χ0v) is 24.2. The molecule has 0 bridgehead atoms. The molecular formula is C19H21F3N6O10P2S2. The van der Waals surface area contributed by atoms with E-state index in [-0.39, 0.29) is 11.6 Å². The molecule has 0 amide bonds. The van der Waals surface area contributed by atoms with E-state index in [0.717, 1.165) is 16.8 Å². The van der Waals surface area contributed by atoms with Crippen molar-refractivity contribution in [3.63, 3.8) is 0 Å². The van der Waals surface area contributed by atoms with Crippen molar-refractivity contribution in [2.45, 2.75) is 54.4 Å². The third-order valence-corrected chi connectivity index (χ3v) is 10.2. The summed E-state index contributed by atoms with van der Waals surface area (Å²) < 4.78 is 93.9. The van der Waals surface area contributed by atoms with E-state index in [1.54, 1.807) is 0 Å². The van der Waals surface area contributed by atoms with Crippen LogP contribution in [0.25, 0.3) is 0 Å². The molecule has 1 aliphatic carbocycles. The maximum atomic E-state index is 16.3. The minimum atomic E-state index is -4.68. The van der Waals surface area contributed by atoms with Crippen molar-refractivity contribution in [3.8, 4) is 0 Å². The number of thiol groups is 1. The van der Waals surface area contributed by atoms with Crippen LogP contribution in [0, 0.1) is 0 Å². The predicted molar refractivity (Wildman–Crippen MR) is 141 cm³/mol. The molecule has 6 unspecified atom stereocenters. The zero-order valence-electron chi connectivity index (χ0n) is 20.7. The summed E-state index contributed by atoms with van der Waals surface area (Å²) in [6.45, 7) is -10.9. The van der Waals surface area contributed by atoms with Crippen LogP contribution in [0.5, 0.6) is 0 Å². The van der Waals surface area contributed by atoms with Crippen LogP contribution in [0.3, 0.4) is 0 Å². The maximum absolute atomic E-state index is 16.3. The second kappa shape index (κ2) is 10.1. The van der Waals surface area contributed by atoms with Gasteiger partial charge in [0.05, 0.1) is 13.2 Å². The van der Waals surface area contributed by atoms with Crippen molar-refractivity contribution in [1.29, 1.82) is 0 Å². The summed E-state index contributed by atoms with van der Waals surface area (Å²) >= 11 is 8.79. The molecule has 4 fully saturated rings. The number of halogens is 3. The van der Waals surface area contributed by atoms with E-state index in [4.69, 9.17) is 50.8 Å². The van der Waals surface area contributed by atoms with Gasteiger partial charge in [0.1, 0.15) is 42.1 Å². The molecule has 5 heterocycles. The standard InChI is InChI=1S/C19H21F3N6O10P2S2/c20-18-11(27-3-1-9(23)25-16(27)29)14(18)35-7-5-33-40(32,42)38-13-8(6-34-39(31,41)37-12(7)18)36-15(19(13,21)22)28-4-2-10(24)26-17(28)30/h1-4,7-8,11-15H,5-6H2,(H,31,41)(H,32,42)(H2,23,25,29)(H2,24,26,30)/t7-,8-,11-,12?,13?,14?,15-,18?,39?,40?/m1/s1. The van der Waals surface area contributed by atoms with E-state index in [0.29, 0.717) is 4.57 Å². The molecule has 4 aliphatic rings. The summed E-state index contributed by atoms with van der Waals surface area (Å²) in [4.78, 5) is 42.3.